The van der Waals surface area contributed by atoms with Gasteiger partial charge in [0.2, 0.25) is 0 Å². The maximum absolute atomic E-state index is 11.9. The van der Waals surface area contributed by atoms with Gasteiger partial charge in [0, 0.05) is 17.3 Å². The zero-order valence-electron chi connectivity index (χ0n) is 11.0. The van der Waals surface area contributed by atoms with Crippen LogP contribution in [0.25, 0.3) is 0 Å². The van der Waals surface area contributed by atoms with E-state index in [2.05, 4.69) is 10.3 Å². The van der Waals surface area contributed by atoms with Crippen LogP contribution in [0.1, 0.15) is 9.80 Å². The fourth-order valence-electron chi connectivity index (χ4n) is 1.75. The maximum Gasteiger partial charge on any atom is 0.284 e. The number of benzene rings is 2. The van der Waals surface area contributed by atoms with Crippen LogP contribution >= 0.6 is 11.3 Å². The summed E-state index contributed by atoms with van der Waals surface area (Å²) in [5, 5.41) is 5.00. The van der Waals surface area contributed by atoms with Gasteiger partial charge >= 0.3 is 0 Å². The average Bonchev–Trinajstić information content (AvgIpc) is 3.05. The second kappa shape index (κ2) is 6.19. The van der Waals surface area contributed by atoms with Crippen molar-refractivity contribution in [2.75, 3.05) is 5.32 Å². The van der Waals surface area contributed by atoms with Crippen molar-refractivity contribution in [2.45, 2.75) is 0 Å². The van der Waals surface area contributed by atoms with Crippen LogP contribution in [-0.4, -0.2) is 10.9 Å². The predicted octanol–water partition coefficient (Wildman–Crippen LogP) is 4.19. The molecular weight excluding hydrogens is 284 g/mol. The van der Waals surface area contributed by atoms with Gasteiger partial charge < -0.3 is 10.1 Å². The summed E-state index contributed by atoms with van der Waals surface area (Å²) in [5.41, 5.74) is 0.704. The van der Waals surface area contributed by atoms with Crippen LogP contribution in [0.15, 0.2) is 66.2 Å². The van der Waals surface area contributed by atoms with Crippen molar-refractivity contribution in [1.29, 1.82) is 0 Å². The minimum absolute atomic E-state index is 0.207. The molecule has 3 aromatic rings. The Morgan fingerprint density at radius 3 is 2.38 bits per heavy atom. The molecule has 0 spiro atoms. The molecule has 5 heteroatoms. The predicted molar refractivity (Wildman–Crippen MR) is 83.0 cm³/mol. The van der Waals surface area contributed by atoms with E-state index in [1.54, 1.807) is 23.7 Å². The number of nitrogens with zero attached hydrogens (tertiary/aromatic N) is 1. The number of hydrogen-bond donors (Lipinski definition) is 1. The third kappa shape index (κ3) is 3.46. The Morgan fingerprint density at radius 2 is 1.71 bits per heavy atom. The van der Waals surface area contributed by atoms with E-state index in [-0.39, 0.29) is 5.91 Å². The fourth-order valence-corrected chi connectivity index (χ4v) is 2.28. The molecule has 1 aromatic heterocycles. The summed E-state index contributed by atoms with van der Waals surface area (Å²) in [6, 6.07) is 16.7. The second-order valence-electron chi connectivity index (χ2n) is 4.23. The number of carbonyl (C=O) groups is 1. The number of carbonyl (C=O) groups excluding carboxylic acids is 1. The summed E-state index contributed by atoms with van der Waals surface area (Å²) in [6.45, 7) is 0. The highest BCUT2D eigenvalue weighted by molar-refractivity contribution is 7.11. The topological polar surface area (TPSA) is 51.2 Å². The molecule has 0 saturated carbocycles. The second-order valence-corrected chi connectivity index (χ2v) is 5.13. The first-order valence-corrected chi connectivity index (χ1v) is 7.23. The van der Waals surface area contributed by atoms with E-state index in [4.69, 9.17) is 4.74 Å². The van der Waals surface area contributed by atoms with Gasteiger partial charge in [-0.15, -0.1) is 11.3 Å². The van der Waals surface area contributed by atoms with Gasteiger partial charge in [0.1, 0.15) is 11.5 Å². The van der Waals surface area contributed by atoms with Crippen molar-refractivity contribution in [3.63, 3.8) is 0 Å². The molecule has 1 heterocycles. The minimum atomic E-state index is -0.207. The Bertz CT molecular complexity index is 710. The zero-order chi connectivity index (χ0) is 14.5. The highest BCUT2D eigenvalue weighted by atomic mass is 32.1. The van der Waals surface area contributed by atoms with Crippen molar-refractivity contribution in [2.24, 2.45) is 0 Å². The lowest BCUT2D eigenvalue weighted by molar-refractivity contribution is 0.102. The molecule has 0 radical (unpaired) electrons. The Morgan fingerprint density at radius 1 is 1.00 bits per heavy atom. The van der Waals surface area contributed by atoms with E-state index in [0.29, 0.717) is 16.4 Å². The zero-order valence-corrected chi connectivity index (χ0v) is 11.8. The van der Waals surface area contributed by atoms with E-state index in [1.807, 2.05) is 42.5 Å². The molecule has 0 unspecified atom stereocenters. The van der Waals surface area contributed by atoms with E-state index >= 15 is 0 Å². The molecule has 2 aromatic carbocycles. The van der Waals surface area contributed by atoms with Crippen molar-refractivity contribution >= 4 is 22.9 Å². The number of para-hydroxylation sites is 1. The van der Waals surface area contributed by atoms with E-state index in [1.165, 1.54) is 11.3 Å². The molecule has 1 amide bonds. The molecule has 1 N–H and O–H groups in total. The molecule has 0 atom stereocenters. The summed E-state index contributed by atoms with van der Waals surface area (Å²) in [5.74, 6) is 1.28. The summed E-state index contributed by atoms with van der Waals surface area (Å²) >= 11 is 1.31. The number of thiazole rings is 1. The highest BCUT2D eigenvalue weighted by Crippen LogP contribution is 2.22. The van der Waals surface area contributed by atoms with Gasteiger partial charge in [0.05, 0.1) is 0 Å². The quantitative estimate of drug-likeness (QED) is 0.785. The van der Waals surface area contributed by atoms with Crippen molar-refractivity contribution in [3.8, 4) is 11.5 Å². The Labute approximate surface area is 126 Å². The van der Waals surface area contributed by atoms with Gasteiger partial charge in [0.15, 0.2) is 5.01 Å². The summed E-state index contributed by atoms with van der Waals surface area (Å²) < 4.78 is 5.69. The molecular formula is C16H12N2O2S. The lowest BCUT2D eigenvalue weighted by atomic mass is 10.3. The Balaban J connectivity index is 1.65. The van der Waals surface area contributed by atoms with Gasteiger partial charge in [0.25, 0.3) is 5.91 Å². The molecule has 0 aliphatic heterocycles. The Kier molecular flexibility index (Phi) is 3.93. The van der Waals surface area contributed by atoms with Gasteiger partial charge in [-0.2, -0.15) is 0 Å². The summed E-state index contributed by atoms with van der Waals surface area (Å²) in [6.07, 6.45) is 1.61. The molecule has 104 valence electrons. The van der Waals surface area contributed by atoms with Gasteiger partial charge in [-0.05, 0) is 36.4 Å². The van der Waals surface area contributed by atoms with Crippen LogP contribution < -0.4 is 10.1 Å². The van der Waals surface area contributed by atoms with Crippen LogP contribution in [0.5, 0.6) is 11.5 Å². The normalized spacial score (nSPS) is 10.1. The van der Waals surface area contributed by atoms with Crippen LogP contribution in [0, 0.1) is 0 Å². The first kappa shape index (κ1) is 13.3. The molecule has 3 rings (SSSR count). The van der Waals surface area contributed by atoms with Crippen LogP contribution in [-0.2, 0) is 0 Å². The smallest absolute Gasteiger partial charge is 0.284 e. The lowest BCUT2D eigenvalue weighted by Gasteiger charge is -2.07. The summed E-state index contributed by atoms with van der Waals surface area (Å²) in [7, 11) is 0. The fraction of sp³-hybridized carbons (Fsp3) is 0. The molecule has 0 aliphatic rings. The maximum atomic E-state index is 11.9. The molecule has 21 heavy (non-hydrogen) atoms. The van der Waals surface area contributed by atoms with Gasteiger partial charge in [-0.3, -0.25) is 4.79 Å². The first-order valence-electron chi connectivity index (χ1n) is 6.35. The number of anilines is 1. The standard InChI is InChI=1S/C16H12N2O2S/c19-15(16-17-10-11-21-16)18-12-6-8-14(9-7-12)20-13-4-2-1-3-5-13/h1-11H,(H,18,19). The molecule has 0 bridgehead atoms. The van der Waals surface area contributed by atoms with Crippen molar-refractivity contribution in [1.82, 2.24) is 4.98 Å². The number of amides is 1. The Hall–Kier alpha value is -2.66. The number of rotatable bonds is 4. The van der Waals surface area contributed by atoms with E-state index in [9.17, 15) is 4.79 Å². The van der Waals surface area contributed by atoms with Crippen LogP contribution in [0.4, 0.5) is 5.69 Å². The van der Waals surface area contributed by atoms with Crippen molar-refractivity contribution < 1.29 is 9.53 Å². The number of nitrogens with one attached hydrogen (secondary N) is 1. The summed E-state index contributed by atoms with van der Waals surface area (Å²) in [4.78, 5) is 15.8. The first-order chi connectivity index (χ1) is 10.3. The molecule has 0 saturated heterocycles. The SMILES string of the molecule is O=C(Nc1ccc(Oc2ccccc2)cc1)c1nccs1. The number of aromatic nitrogens is 1. The number of ether oxygens (including phenoxy) is 1. The highest BCUT2D eigenvalue weighted by Gasteiger charge is 2.08. The van der Waals surface area contributed by atoms with Gasteiger partial charge in [-0.25, -0.2) is 4.98 Å². The van der Waals surface area contributed by atoms with Crippen LogP contribution in [0.3, 0.4) is 0 Å². The van der Waals surface area contributed by atoms with Gasteiger partial charge in [-0.1, -0.05) is 18.2 Å². The van der Waals surface area contributed by atoms with Crippen molar-refractivity contribution in [3.05, 3.63) is 71.2 Å². The van der Waals surface area contributed by atoms with E-state index < -0.39 is 0 Å². The minimum Gasteiger partial charge on any atom is -0.457 e. The largest absolute Gasteiger partial charge is 0.457 e. The third-order valence-electron chi connectivity index (χ3n) is 2.72. The van der Waals surface area contributed by atoms with Crippen LogP contribution in [0.2, 0.25) is 0 Å². The monoisotopic (exact) mass is 296 g/mol. The molecule has 4 nitrogen and oxygen atoms in total. The average molecular weight is 296 g/mol. The molecule has 0 fully saturated rings. The molecule has 0 aliphatic carbocycles. The number of hydrogen-bond acceptors (Lipinski definition) is 4. The lowest BCUT2D eigenvalue weighted by Crippen LogP contribution is -2.11. The van der Waals surface area contributed by atoms with E-state index in [0.717, 1.165) is 5.75 Å². The third-order valence-corrected chi connectivity index (χ3v) is 3.49.